The summed E-state index contributed by atoms with van der Waals surface area (Å²) in [6.07, 6.45) is 0.611. The fraction of sp³-hybridized carbons (Fsp3) is 0.250. The first-order valence-electron chi connectivity index (χ1n) is 6.60. The fourth-order valence-corrected chi connectivity index (χ4v) is 2.23. The molecular weight excluding hydrogens is 271 g/mol. The van der Waals surface area contributed by atoms with Gasteiger partial charge in [0, 0.05) is 5.56 Å². The lowest BCUT2D eigenvalue weighted by Gasteiger charge is -2.19. The summed E-state index contributed by atoms with van der Waals surface area (Å²) in [5.74, 6) is 6.71. The lowest BCUT2D eigenvalue weighted by Crippen LogP contribution is -2.30. The second-order valence-corrected chi connectivity index (χ2v) is 4.66. The highest BCUT2D eigenvalue weighted by Gasteiger charge is 2.16. The third kappa shape index (κ3) is 3.71. The molecular formula is C16H19FN2O2. The largest absolute Gasteiger partial charge is 0.497 e. The van der Waals surface area contributed by atoms with E-state index >= 15 is 0 Å². The summed E-state index contributed by atoms with van der Waals surface area (Å²) < 4.78 is 23.9. The van der Waals surface area contributed by atoms with Gasteiger partial charge in [0.15, 0.2) is 0 Å². The minimum atomic E-state index is -0.319. The van der Waals surface area contributed by atoms with E-state index in [4.69, 9.17) is 15.3 Å². The van der Waals surface area contributed by atoms with Crippen molar-refractivity contribution in [2.24, 2.45) is 5.84 Å². The zero-order valence-electron chi connectivity index (χ0n) is 12.1. The zero-order chi connectivity index (χ0) is 15.2. The molecule has 0 amide bonds. The standard InChI is InChI=1S/C16H19FN2O2/c1-20-13-6-3-11(4-7-13)9-15(19-18)14-10-12(17)5-8-16(14)21-2/h3-8,10,15,19H,9,18H2,1-2H3. The fourth-order valence-electron chi connectivity index (χ4n) is 2.23. The Bertz CT molecular complexity index is 587. The lowest BCUT2D eigenvalue weighted by molar-refractivity contribution is 0.397. The van der Waals surface area contributed by atoms with E-state index in [-0.39, 0.29) is 11.9 Å². The lowest BCUT2D eigenvalue weighted by atomic mass is 9.98. The minimum Gasteiger partial charge on any atom is -0.497 e. The molecule has 0 aliphatic heterocycles. The smallest absolute Gasteiger partial charge is 0.123 e. The number of ether oxygens (including phenoxy) is 2. The minimum absolute atomic E-state index is 0.246. The highest BCUT2D eigenvalue weighted by molar-refractivity contribution is 5.38. The Morgan fingerprint density at radius 1 is 1.10 bits per heavy atom. The number of nitrogens with two attached hydrogens (primary N) is 1. The van der Waals surface area contributed by atoms with Gasteiger partial charge >= 0.3 is 0 Å². The average Bonchev–Trinajstić information content (AvgIpc) is 2.53. The SMILES string of the molecule is COc1ccc(CC(NN)c2cc(F)ccc2OC)cc1. The Hall–Kier alpha value is -2.11. The van der Waals surface area contributed by atoms with Crippen molar-refractivity contribution in [1.82, 2.24) is 5.43 Å². The Kier molecular flexibility index (Phi) is 5.14. The van der Waals surface area contributed by atoms with Crippen molar-refractivity contribution in [3.63, 3.8) is 0 Å². The summed E-state index contributed by atoms with van der Waals surface area (Å²) in [5, 5.41) is 0. The molecule has 2 aromatic carbocycles. The van der Waals surface area contributed by atoms with E-state index < -0.39 is 0 Å². The van der Waals surface area contributed by atoms with Crippen LogP contribution in [0.5, 0.6) is 11.5 Å². The summed E-state index contributed by atoms with van der Waals surface area (Å²) in [4.78, 5) is 0. The molecule has 0 saturated carbocycles. The van der Waals surface area contributed by atoms with Crippen molar-refractivity contribution < 1.29 is 13.9 Å². The van der Waals surface area contributed by atoms with Crippen molar-refractivity contribution in [1.29, 1.82) is 0 Å². The number of hydrazine groups is 1. The third-order valence-electron chi connectivity index (χ3n) is 3.37. The maximum atomic E-state index is 13.5. The maximum Gasteiger partial charge on any atom is 0.123 e. The first-order chi connectivity index (χ1) is 10.2. The monoisotopic (exact) mass is 290 g/mol. The van der Waals surface area contributed by atoms with Crippen LogP contribution in [0, 0.1) is 5.82 Å². The second-order valence-electron chi connectivity index (χ2n) is 4.66. The van der Waals surface area contributed by atoms with Crippen molar-refractivity contribution in [3.8, 4) is 11.5 Å². The number of hydrogen-bond donors (Lipinski definition) is 2. The first kappa shape index (κ1) is 15.3. The summed E-state index contributed by atoms with van der Waals surface area (Å²) >= 11 is 0. The van der Waals surface area contributed by atoms with Crippen LogP contribution >= 0.6 is 0 Å². The van der Waals surface area contributed by atoms with Crippen LogP contribution in [-0.2, 0) is 6.42 Å². The van der Waals surface area contributed by atoms with E-state index in [2.05, 4.69) is 5.43 Å². The molecule has 21 heavy (non-hydrogen) atoms. The van der Waals surface area contributed by atoms with E-state index in [0.717, 1.165) is 11.3 Å². The number of methoxy groups -OCH3 is 2. The molecule has 0 saturated heterocycles. The van der Waals surface area contributed by atoms with E-state index in [0.29, 0.717) is 17.7 Å². The molecule has 112 valence electrons. The van der Waals surface area contributed by atoms with Gasteiger partial charge in [0.25, 0.3) is 0 Å². The predicted molar refractivity (Wildman–Crippen MR) is 79.7 cm³/mol. The summed E-state index contributed by atoms with van der Waals surface area (Å²) in [6.45, 7) is 0. The molecule has 0 spiro atoms. The van der Waals surface area contributed by atoms with Crippen LogP contribution in [0.15, 0.2) is 42.5 Å². The number of nitrogens with one attached hydrogen (secondary N) is 1. The Balaban J connectivity index is 2.24. The van der Waals surface area contributed by atoms with Crippen LogP contribution < -0.4 is 20.7 Å². The molecule has 0 fully saturated rings. The van der Waals surface area contributed by atoms with Gasteiger partial charge in [-0.3, -0.25) is 11.3 Å². The van der Waals surface area contributed by atoms with Crippen LogP contribution in [0.4, 0.5) is 4.39 Å². The van der Waals surface area contributed by atoms with Crippen LogP contribution in [0.3, 0.4) is 0 Å². The van der Waals surface area contributed by atoms with Crippen molar-refractivity contribution in [3.05, 3.63) is 59.4 Å². The van der Waals surface area contributed by atoms with Gasteiger partial charge in [-0.15, -0.1) is 0 Å². The predicted octanol–water partition coefficient (Wildman–Crippen LogP) is 2.59. The van der Waals surface area contributed by atoms with Crippen molar-refractivity contribution >= 4 is 0 Å². The van der Waals surface area contributed by atoms with E-state index in [1.165, 1.54) is 12.1 Å². The zero-order valence-corrected chi connectivity index (χ0v) is 12.1. The molecule has 0 aromatic heterocycles. The molecule has 2 rings (SSSR count). The third-order valence-corrected chi connectivity index (χ3v) is 3.37. The Morgan fingerprint density at radius 3 is 2.38 bits per heavy atom. The van der Waals surface area contributed by atoms with Gasteiger partial charge in [-0.25, -0.2) is 4.39 Å². The summed E-state index contributed by atoms with van der Waals surface area (Å²) in [5.41, 5.74) is 4.47. The second kappa shape index (κ2) is 7.06. The number of hydrogen-bond acceptors (Lipinski definition) is 4. The van der Waals surface area contributed by atoms with Gasteiger partial charge in [0.2, 0.25) is 0 Å². The van der Waals surface area contributed by atoms with Crippen LogP contribution in [0.2, 0.25) is 0 Å². The van der Waals surface area contributed by atoms with Crippen LogP contribution in [-0.4, -0.2) is 14.2 Å². The molecule has 1 unspecified atom stereocenters. The summed E-state index contributed by atoms with van der Waals surface area (Å²) in [6, 6.07) is 11.8. The van der Waals surface area contributed by atoms with E-state index in [1.54, 1.807) is 20.3 Å². The molecule has 0 bridgehead atoms. The highest BCUT2D eigenvalue weighted by Crippen LogP contribution is 2.28. The Labute approximate surface area is 123 Å². The first-order valence-corrected chi connectivity index (χ1v) is 6.60. The molecule has 1 atom stereocenters. The number of halogens is 1. The molecule has 4 nitrogen and oxygen atoms in total. The molecule has 0 aliphatic carbocycles. The molecule has 5 heteroatoms. The van der Waals surface area contributed by atoms with Gasteiger partial charge in [0.1, 0.15) is 17.3 Å². The van der Waals surface area contributed by atoms with Gasteiger partial charge in [-0.05, 0) is 42.3 Å². The van der Waals surface area contributed by atoms with Crippen LogP contribution in [0.25, 0.3) is 0 Å². The number of benzene rings is 2. The van der Waals surface area contributed by atoms with Gasteiger partial charge < -0.3 is 9.47 Å². The topological polar surface area (TPSA) is 56.5 Å². The highest BCUT2D eigenvalue weighted by atomic mass is 19.1. The molecule has 0 radical (unpaired) electrons. The van der Waals surface area contributed by atoms with Gasteiger partial charge in [0.05, 0.1) is 20.3 Å². The van der Waals surface area contributed by atoms with Gasteiger partial charge in [-0.1, -0.05) is 12.1 Å². The van der Waals surface area contributed by atoms with E-state index in [9.17, 15) is 4.39 Å². The molecule has 0 heterocycles. The van der Waals surface area contributed by atoms with Crippen molar-refractivity contribution in [2.45, 2.75) is 12.5 Å². The summed E-state index contributed by atoms with van der Waals surface area (Å²) in [7, 11) is 3.18. The molecule has 3 N–H and O–H groups in total. The van der Waals surface area contributed by atoms with Crippen LogP contribution in [0.1, 0.15) is 17.2 Å². The van der Waals surface area contributed by atoms with Crippen molar-refractivity contribution in [2.75, 3.05) is 14.2 Å². The van der Waals surface area contributed by atoms with E-state index in [1.807, 2.05) is 24.3 Å². The molecule has 2 aromatic rings. The number of rotatable bonds is 6. The molecule has 0 aliphatic rings. The van der Waals surface area contributed by atoms with Gasteiger partial charge in [-0.2, -0.15) is 0 Å². The normalized spacial score (nSPS) is 12.0. The average molecular weight is 290 g/mol. The maximum absolute atomic E-state index is 13.5. The Morgan fingerprint density at radius 2 is 1.81 bits per heavy atom. The quantitative estimate of drug-likeness (QED) is 0.634.